The van der Waals surface area contributed by atoms with Crippen LogP contribution in [0.25, 0.3) is 10.1 Å². The zero-order chi connectivity index (χ0) is 14.5. The second-order valence-electron chi connectivity index (χ2n) is 5.25. The molecule has 0 fully saturated rings. The second kappa shape index (κ2) is 7.10. The van der Waals surface area contributed by atoms with Crippen LogP contribution < -0.4 is 4.57 Å². The molecule has 108 valence electrons. The largest absolute Gasteiger partial charge is 0.205 e. The standard InChI is InChI=1S/C18H20NS2/c1-15-12-17-13-16(6-7-18(17)21-15)14-20-11-5-10-19-8-3-2-4-9-19/h2-4,6-9,12-13H,5,10-11,14H2,1H3/q+1. The molecule has 3 heteroatoms. The highest BCUT2D eigenvalue weighted by Gasteiger charge is 2.02. The summed E-state index contributed by atoms with van der Waals surface area (Å²) in [5, 5.41) is 1.40. The van der Waals surface area contributed by atoms with Crippen LogP contribution in [-0.2, 0) is 12.3 Å². The number of nitrogens with zero attached hydrogens (tertiary/aromatic N) is 1. The highest BCUT2D eigenvalue weighted by atomic mass is 32.2. The minimum Gasteiger partial charge on any atom is -0.205 e. The summed E-state index contributed by atoms with van der Waals surface area (Å²) < 4.78 is 3.66. The topological polar surface area (TPSA) is 3.88 Å². The number of thioether (sulfide) groups is 1. The van der Waals surface area contributed by atoms with Crippen LogP contribution in [0.15, 0.2) is 54.9 Å². The summed E-state index contributed by atoms with van der Waals surface area (Å²) in [4.78, 5) is 1.40. The van der Waals surface area contributed by atoms with Crippen LogP contribution in [0.5, 0.6) is 0 Å². The normalized spacial score (nSPS) is 11.1. The van der Waals surface area contributed by atoms with Crippen molar-refractivity contribution < 1.29 is 4.57 Å². The molecule has 1 nitrogen and oxygen atoms in total. The van der Waals surface area contributed by atoms with Gasteiger partial charge in [0, 0.05) is 33.9 Å². The van der Waals surface area contributed by atoms with Gasteiger partial charge in [-0.15, -0.1) is 11.3 Å². The Hall–Kier alpha value is -1.32. The predicted octanol–water partition coefficient (Wildman–Crippen LogP) is 4.82. The molecule has 0 radical (unpaired) electrons. The lowest BCUT2D eigenvalue weighted by Gasteiger charge is -2.01. The highest BCUT2D eigenvalue weighted by Crippen LogP contribution is 2.27. The van der Waals surface area contributed by atoms with Crippen molar-refractivity contribution in [2.45, 2.75) is 25.6 Å². The Bertz CT molecular complexity index is 704. The maximum Gasteiger partial charge on any atom is 0.168 e. The van der Waals surface area contributed by atoms with Crippen molar-refractivity contribution in [3.63, 3.8) is 0 Å². The fraction of sp³-hybridized carbons (Fsp3) is 0.278. The lowest BCUT2D eigenvalue weighted by Crippen LogP contribution is -2.32. The summed E-state index contributed by atoms with van der Waals surface area (Å²) in [6.45, 7) is 3.29. The molecule has 21 heavy (non-hydrogen) atoms. The van der Waals surface area contributed by atoms with Crippen molar-refractivity contribution in [2.75, 3.05) is 5.75 Å². The molecule has 0 aliphatic heterocycles. The fourth-order valence-electron chi connectivity index (χ4n) is 2.44. The van der Waals surface area contributed by atoms with Gasteiger partial charge in [-0.25, -0.2) is 4.57 Å². The number of aromatic nitrogens is 1. The molecule has 3 rings (SSSR count). The maximum atomic E-state index is 2.35. The predicted molar refractivity (Wildman–Crippen MR) is 94.0 cm³/mol. The van der Waals surface area contributed by atoms with Crippen molar-refractivity contribution in [3.8, 4) is 0 Å². The van der Waals surface area contributed by atoms with Gasteiger partial charge in [0.25, 0.3) is 0 Å². The molecule has 0 spiro atoms. The van der Waals surface area contributed by atoms with Gasteiger partial charge in [-0.05, 0) is 41.8 Å². The van der Waals surface area contributed by atoms with Crippen molar-refractivity contribution >= 4 is 33.2 Å². The Morgan fingerprint density at radius 3 is 2.81 bits per heavy atom. The first kappa shape index (κ1) is 14.6. The average molecular weight is 314 g/mol. The third-order valence-corrected chi connectivity index (χ3v) is 5.60. The molecule has 2 heterocycles. The SMILES string of the molecule is Cc1cc2cc(CSCCC[n+]3ccccc3)ccc2s1. The Labute approximate surface area is 134 Å². The molecule has 0 bridgehead atoms. The van der Waals surface area contributed by atoms with Gasteiger partial charge in [-0.3, -0.25) is 0 Å². The van der Waals surface area contributed by atoms with E-state index in [1.807, 2.05) is 23.1 Å². The lowest BCUT2D eigenvalue weighted by atomic mass is 10.2. The fourth-order valence-corrected chi connectivity index (χ4v) is 4.24. The molecule has 1 aromatic carbocycles. The van der Waals surface area contributed by atoms with Crippen molar-refractivity contribution in [1.29, 1.82) is 0 Å². The van der Waals surface area contributed by atoms with Crippen molar-refractivity contribution in [1.82, 2.24) is 0 Å². The second-order valence-corrected chi connectivity index (χ2v) is 7.64. The van der Waals surface area contributed by atoms with Gasteiger partial charge in [0.05, 0.1) is 0 Å². The summed E-state index contributed by atoms with van der Waals surface area (Å²) in [5.41, 5.74) is 1.44. The van der Waals surface area contributed by atoms with E-state index in [1.54, 1.807) is 0 Å². The van der Waals surface area contributed by atoms with Gasteiger partial charge in [0.1, 0.15) is 6.54 Å². The first-order valence-corrected chi connectivity index (χ1v) is 9.29. The van der Waals surface area contributed by atoms with Gasteiger partial charge in [-0.2, -0.15) is 11.8 Å². The Morgan fingerprint density at radius 1 is 1.10 bits per heavy atom. The quantitative estimate of drug-likeness (QED) is 0.466. The van der Waals surface area contributed by atoms with Crippen LogP contribution in [-0.4, -0.2) is 5.75 Å². The van der Waals surface area contributed by atoms with E-state index in [1.165, 1.54) is 32.7 Å². The summed E-state index contributed by atoms with van der Waals surface area (Å²) in [6, 6.07) is 15.4. The van der Waals surface area contributed by atoms with Crippen LogP contribution >= 0.6 is 23.1 Å². The van der Waals surface area contributed by atoms with E-state index in [-0.39, 0.29) is 0 Å². The third kappa shape index (κ3) is 4.08. The van der Waals surface area contributed by atoms with E-state index >= 15 is 0 Å². The molecule has 0 saturated carbocycles. The van der Waals surface area contributed by atoms with Crippen LogP contribution in [0.3, 0.4) is 0 Å². The lowest BCUT2D eigenvalue weighted by molar-refractivity contribution is -0.696. The van der Waals surface area contributed by atoms with E-state index in [0.29, 0.717) is 0 Å². The Balaban J connectivity index is 1.46. The molecule has 0 atom stereocenters. The zero-order valence-corrected chi connectivity index (χ0v) is 13.9. The van der Waals surface area contributed by atoms with E-state index < -0.39 is 0 Å². The highest BCUT2D eigenvalue weighted by molar-refractivity contribution is 7.98. The third-order valence-electron chi connectivity index (χ3n) is 3.45. The smallest absolute Gasteiger partial charge is 0.168 e. The number of hydrogen-bond acceptors (Lipinski definition) is 2. The number of thiophene rings is 1. The van der Waals surface area contributed by atoms with Crippen molar-refractivity contribution in [2.24, 2.45) is 0 Å². The molecule has 0 aliphatic rings. The number of rotatable bonds is 6. The number of hydrogen-bond donors (Lipinski definition) is 0. The number of benzene rings is 1. The van der Waals surface area contributed by atoms with Gasteiger partial charge in [0.2, 0.25) is 0 Å². The van der Waals surface area contributed by atoms with Gasteiger partial charge in [0.15, 0.2) is 12.4 Å². The number of aryl methyl sites for hydroxylation is 2. The molecular formula is C18H20NS2+. The summed E-state index contributed by atoms with van der Waals surface area (Å²) >= 11 is 3.91. The maximum absolute atomic E-state index is 2.35. The Kier molecular flexibility index (Phi) is 4.94. The first-order valence-electron chi connectivity index (χ1n) is 7.32. The number of fused-ring (bicyclic) bond motifs is 1. The van der Waals surface area contributed by atoms with Gasteiger partial charge in [-0.1, -0.05) is 12.1 Å². The van der Waals surface area contributed by atoms with Gasteiger partial charge < -0.3 is 0 Å². The molecule has 0 amide bonds. The minimum absolute atomic E-state index is 1.11. The molecule has 0 aliphatic carbocycles. The molecule has 0 unspecified atom stereocenters. The average Bonchev–Trinajstić information content (AvgIpc) is 2.87. The summed E-state index contributed by atoms with van der Waals surface area (Å²) in [6.07, 6.45) is 5.49. The molecular weight excluding hydrogens is 294 g/mol. The van der Waals surface area contributed by atoms with E-state index in [9.17, 15) is 0 Å². The van der Waals surface area contributed by atoms with Crippen LogP contribution in [0.2, 0.25) is 0 Å². The van der Waals surface area contributed by atoms with E-state index in [2.05, 4.69) is 66.3 Å². The molecule has 0 N–H and O–H groups in total. The molecule has 2 aromatic heterocycles. The van der Waals surface area contributed by atoms with Gasteiger partial charge >= 0.3 is 0 Å². The van der Waals surface area contributed by atoms with Crippen LogP contribution in [0.4, 0.5) is 0 Å². The Morgan fingerprint density at radius 2 is 1.95 bits per heavy atom. The molecule has 0 saturated heterocycles. The van der Waals surface area contributed by atoms with Crippen LogP contribution in [0, 0.1) is 6.92 Å². The summed E-state index contributed by atoms with van der Waals surface area (Å²) in [7, 11) is 0. The monoisotopic (exact) mass is 314 g/mol. The van der Waals surface area contributed by atoms with Crippen molar-refractivity contribution in [3.05, 3.63) is 65.3 Å². The minimum atomic E-state index is 1.11. The molecule has 3 aromatic rings. The summed E-state index contributed by atoms with van der Waals surface area (Å²) in [5.74, 6) is 2.33. The number of pyridine rings is 1. The zero-order valence-electron chi connectivity index (χ0n) is 12.3. The first-order chi connectivity index (χ1) is 10.3. The van der Waals surface area contributed by atoms with E-state index in [4.69, 9.17) is 0 Å². The van der Waals surface area contributed by atoms with E-state index in [0.717, 1.165) is 12.3 Å². The van der Waals surface area contributed by atoms with Crippen LogP contribution in [0.1, 0.15) is 16.9 Å².